The van der Waals surface area contributed by atoms with E-state index in [9.17, 15) is 0 Å². The van der Waals surface area contributed by atoms with Crippen molar-refractivity contribution in [1.29, 1.82) is 0 Å². The molecule has 0 unspecified atom stereocenters. The first-order valence-electron chi connectivity index (χ1n) is 4.83. The van der Waals surface area contributed by atoms with E-state index in [1.165, 1.54) is 0 Å². The summed E-state index contributed by atoms with van der Waals surface area (Å²) in [5, 5.41) is 4.48. The Balaban J connectivity index is 2.31. The van der Waals surface area contributed by atoms with E-state index in [2.05, 4.69) is 21.2 Å². The SMILES string of the molecule is Nc1ccc(Cl)cc1Nc1ccc(Cl)c(Br)c1. The fourth-order valence-electron chi connectivity index (χ4n) is 1.37. The Morgan fingerprint density at radius 2 is 1.82 bits per heavy atom. The minimum absolute atomic E-state index is 0.634. The molecule has 0 fully saturated rings. The lowest BCUT2D eigenvalue weighted by Crippen LogP contribution is -1.96. The van der Waals surface area contributed by atoms with Gasteiger partial charge in [-0.25, -0.2) is 0 Å². The minimum Gasteiger partial charge on any atom is -0.397 e. The predicted molar refractivity (Wildman–Crippen MR) is 78.3 cm³/mol. The molecular weight excluding hydrogens is 323 g/mol. The first-order chi connectivity index (χ1) is 8.06. The van der Waals surface area contributed by atoms with E-state index in [4.69, 9.17) is 28.9 Å². The van der Waals surface area contributed by atoms with E-state index in [1.54, 1.807) is 24.3 Å². The molecule has 0 saturated carbocycles. The molecule has 2 rings (SSSR count). The van der Waals surface area contributed by atoms with Gasteiger partial charge in [-0.3, -0.25) is 0 Å². The normalized spacial score (nSPS) is 10.3. The van der Waals surface area contributed by atoms with Crippen LogP contribution in [0.15, 0.2) is 40.9 Å². The second-order valence-electron chi connectivity index (χ2n) is 3.49. The Hall–Kier alpha value is -0.900. The van der Waals surface area contributed by atoms with Gasteiger partial charge in [-0.2, -0.15) is 0 Å². The molecule has 0 aliphatic carbocycles. The van der Waals surface area contributed by atoms with Crippen LogP contribution in [0.5, 0.6) is 0 Å². The average Bonchev–Trinajstić information content (AvgIpc) is 2.29. The summed E-state index contributed by atoms with van der Waals surface area (Å²) in [5.74, 6) is 0. The molecule has 0 saturated heterocycles. The highest BCUT2D eigenvalue weighted by molar-refractivity contribution is 9.10. The molecule has 0 spiro atoms. The first-order valence-corrected chi connectivity index (χ1v) is 6.38. The molecular formula is C12H9BrCl2N2. The fraction of sp³-hybridized carbons (Fsp3) is 0. The van der Waals surface area contributed by atoms with Crippen molar-refractivity contribution < 1.29 is 0 Å². The van der Waals surface area contributed by atoms with Crippen molar-refractivity contribution >= 4 is 56.2 Å². The number of hydrogen-bond acceptors (Lipinski definition) is 2. The minimum atomic E-state index is 0.634. The number of nitrogens with one attached hydrogen (secondary N) is 1. The van der Waals surface area contributed by atoms with Crippen LogP contribution < -0.4 is 11.1 Å². The van der Waals surface area contributed by atoms with Gasteiger partial charge in [0.15, 0.2) is 0 Å². The molecule has 0 aliphatic rings. The Kier molecular flexibility index (Phi) is 3.82. The number of anilines is 3. The highest BCUT2D eigenvalue weighted by Crippen LogP contribution is 2.30. The number of benzene rings is 2. The molecule has 88 valence electrons. The Labute approximate surface area is 118 Å². The van der Waals surface area contributed by atoms with Crippen molar-refractivity contribution in [2.75, 3.05) is 11.1 Å². The smallest absolute Gasteiger partial charge is 0.0632 e. The molecule has 0 aromatic heterocycles. The Bertz CT molecular complexity index is 558. The summed E-state index contributed by atoms with van der Waals surface area (Å²) in [5.41, 5.74) is 8.14. The van der Waals surface area contributed by atoms with E-state index in [-0.39, 0.29) is 0 Å². The number of rotatable bonds is 2. The Morgan fingerprint density at radius 3 is 2.53 bits per heavy atom. The molecule has 3 N–H and O–H groups in total. The van der Waals surface area contributed by atoms with Crippen LogP contribution in [-0.4, -0.2) is 0 Å². The maximum absolute atomic E-state index is 5.92. The van der Waals surface area contributed by atoms with Gasteiger partial charge in [0.25, 0.3) is 0 Å². The number of nitrogen functional groups attached to an aromatic ring is 1. The van der Waals surface area contributed by atoms with Gasteiger partial charge >= 0.3 is 0 Å². The summed E-state index contributed by atoms with van der Waals surface area (Å²) >= 11 is 15.2. The molecule has 0 radical (unpaired) electrons. The Morgan fingerprint density at radius 1 is 1.06 bits per heavy atom. The van der Waals surface area contributed by atoms with Gasteiger partial charge in [0.05, 0.1) is 16.4 Å². The maximum atomic E-state index is 5.92. The zero-order valence-corrected chi connectivity index (χ0v) is 11.8. The quantitative estimate of drug-likeness (QED) is 0.753. The van der Waals surface area contributed by atoms with Gasteiger partial charge < -0.3 is 11.1 Å². The summed E-state index contributed by atoms with van der Waals surface area (Å²) in [6, 6.07) is 10.8. The summed E-state index contributed by atoms with van der Waals surface area (Å²) in [4.78, 5) is 0. The summed E-state index contributed by atoms with van der Waals surface area (Å²) in [6.45, 7) is 0. The molecule has 0 atom stereocenters. The molecule has 2 aromatic rings. The molecule has 0 aliphatic heterocycles. The zero-order chi connectivity index (χ0) is 12.4. The van der Waals surface area contributed by atoms with Crippen molar-refractivity contribution in [1.82, 2.24) is 0 Å². The van der Waals surface area contributed by atoms with Crippen LogP contribution in [0, 0.1) is 0 Å². The third kappa shape index (κ3) is 3.06. The van der Waals surface area contributed by atoms with Crippen LogP contribution in [0.4, 0.5) is 17.1 Å². The molecule has 0 heterocycles. The van der Waals surface area contributed by atoms with Crippen LogP contribution in [0.1, 0.15) is 0 Å². The summed E-state index contributed by atoms with van der Waals surface area (Å²) < 4.78 is 0.824. The number of halogens is 3. The number of nitrogens with two attached hydrogens (primary N) is 1. The van der Waals surface area contributed by atoms with Gasteiger partial charge in [-0.1, -0.05) is 23.2 Å². The van der Waals surface area contributed by atoms with E-state index < -0.39 is 0 Å². The monoisotopic (exact) mass is 330 g/mol. The highest BCUT2D eigenvalue weighted by atomic mass is 79.9. The second kappa shape index (κ2) is 5.17. The van der Waals surface area contributed by atoms with Gasteiger partial charge in [-0.05, 0) is 52.3 Å². The van der Waals surface area contributed by atoms with Crippen LogP contribution >= 0.6 is 39.1 Å². The van der Waals surface area contributed by atoms with E-state index in [0.29, 0.717) is 15.7 Å². The van der Waals surface area contributed by atoms with E-state index in [1.807, 2.05) is 12.1 Å². The third-order valence-corrected chi connectivity index (χ3v) is 3.66. The lowest BCUT2D eigenvalue weighted by atomic mass is 10.2. The molecule has 0 bridgehead atoms. The van der Waals surface area contributed by atoms with Crippen LogP contribution in [-0.2, 0) is 0 Å². The van der Waals surface area contributed by atoms with Crippen molar-refractivity contribution in [2.45, 2.75) is 0 Å². The van der Waals surface area contributed by atoms with Gasteiger partial charge in [0.2, 0.25) is 0 Å². The topological polar surface area (TPSA) is 38.0 Å². The number of hydrogen-bond donors (Lipinski definition) is 2. The summed E-state index contributed by atoms with van der Waals surface area (Å²) in [7, 11) is 0. The van der Waals surface area contributed by atoms with Crippen molar-refractivity contribution in [3.63, 3.8) is 0 Å². The van der Waals surface area contributed by atoms with Crippen molar-refractivity contribution in [3.05, 3.63) is 50.9 Å². The highest BCUT2D eigenvalue weighted by Gasteiger charge is 2.03. The van der Waals surface area contributed by atoms with E-state index >= 15 is 0 Å². The standard InChI is InChI=1S/C12H9BrCl2N2/c13-9-6-8(2-3-10(9)15)17-12-5-7(14)1-4-11(12)16/h1-6,17H,16H2. The lowest BCUT2D eigenvalue weighted by molar-refractivity contribution is 1.53. The summed E-state index contributed by atoms with van der Waals surface area (Å²) in [6.07, 6.45) is 0. The molecule has 2 aromatic carbocycles. The van der Waals surface area contributed by atoms with Gasteiger partial charge in [-0.15, -0.1) is 0 Å². The first kappa shape index (κ1) is 12.6. The maximum Gasteiger partial charge on any atom is 0.0632 e. The third-order valence-electron chi connectivity index (χ3n) is 2.21. The fourth-order valence-corrected chi connectivity index (χ4v) is 2.03. The molecule has 0 amide bonds. The van der Waals surface area contributed by atoms with Gasteiger partial charge in [0.1, 0.15) is 0 Å². The molecule has 5 heteroatoms. The average molecular weight is 332 g/mol. The molecule has 2 nitrogen and oxygen atoms in total. The zero-order valence-electron chi connectivity index (χ0n) is 8.68. The predicted octanol–water partition coefficient (Wildman–Crippen LogP) is 5.08. The van der Waals surface area contributed by atoms with Crippen LogP contribution in [0.25, 0.3) is 0 Å². The van der Waals surface area contributed by atoms with Crippen molar-refractivity contribution in [3.8, 4) is 0 Å². The van der Waals surface area contributed by atoms with E-state index in [0.717, 1.165) is 15.8 Å². The van der Waals surface area contributed by atoms with Crippen LogP contribution in [0.3, 0.4) is 0 Å². The van der Waals surface area contributed by atoms with Crippen molar-refractivity contribution in [2.24, 2.45) is 0 Å². The molecule has 17 heavy (non-hydrogen) atoms. The largest absolute Gasteiger partial charge is 0.397 e. The van der Waals surface area contributed by atoms with Gasteiger partial charge in [0, 0.05) is 15.2 Å². The van der Waals surface area contributed by atoms with Crippen LogP contribution in [0.2, 0.25) is 10.0 Å². The lowest BCUT2D eigenvalue weighted by Gasteiger charge is -2.10. The second-order valence-corrected chi connectivity index (χ2v) is 5.18.